The number of rotatable bonds is 2. The molecule has 0 aliphatic carbocycles. The van der Waals surface area contributed by atoms with Gasteiger partial charge in [-0.3, -0.25) is 5.84 Å². The van der Waals surface area contributed by atoms with Crippen molar-refractivity contribution < 1.29 is 8.42 Å². The van der Waals surface area contributed by atoms with Crippen LogP contribution in [0.2, 0.25) is 0 Å². The van der Waals surface area contributed by atoms with E-state index in [0.717, 1.165) is 0 Å². The van der Waals surface area contributed by atoms with E-state index in [1.807, 2.05) is 0 Å². The van der Waals surface area contributed by atoms with Gasteiger partial charge in [0.25, 0.3) is 0 Å². The zero-order chi connectivity index (χ0) is 10.1. The molecular weight excluding hydrogens is 188 g/mol. The molecule has 0 aromatic heterocycles. The second-order valence-corrected chi connectivity index (χ2v) is 4.83. The molecule has 0 aliphatic heterocycles. The first-order valence-corrected chi connectivity index (χ1v) is 5.62. The van der Waals surface area contributed by atoms with Crippen LogP contribution in [0, 0.1) is 6.92 Å². The number of hydrazine groups is 1. The lowest BCUT2D eigenvalue weighted by Crippen LogP contribution is -2.10. The highest BCUT2D eigenvalue weighted by atomic mass is 32.2. The zero-order valence-corrected chi connectivity index (χ0v) is 8.35. The van der Waals surface area contributed by atoms with Gasteiger partial charge in [0.2, 0.25) is 0 Å². The Bertz CT molecular complexity index is 412. The van der Waals surface area contributed by atoms with Crippen molar-refractivity contribution in [1.82, 2.24) is 0 Å². The van der Waals surface area contributed by atoms with Gasteiger partial charge in [0.1, 0.15) is 0 Å². The maximum atomic E-state index is 11.3. The third-order valence-electron chi connectivity index (χ3n) is 1.84. The van der Waals surface area contributed by atoms with Crippen LogP contribution in [0.5, 0.6) is 0 Å². The number of hydrogen-bond donors (Lipinski definition) is 2. The quantitative estimate of drug-likeness (QED) is 0.544. The average molecular weight is 200 g/mol. The molecule has 1 aromatic rings. The number of sulfone groups is 1. The van der Waals surface area contributed by atoms with Crippen LogP contribution < -0.4 is 11.3 Å². The molecule has 1 aromatic carbocycles. The lowest BCUT2D eigenvalue weighted by molar-refractivity contribution is 0.601. The summed E-state index contributed by atoms with van der Waals surface area (Å²) in [7, 11) is -3.16. The fraction of sp³-hybridized carbons (Fsp3) is 0.250. The van der Waals surface area contributed by atoms with Crippen LogP contribution in [-0.4, -0.2) is 14.7 Å². The normalized spacial score (nSPS) is 11.3. The molecule has 3 N–H and O–H groups in total. The van der Waals surface area contributed by atoms with E-state index in [9.17, 15) is 8.42 Å². The molecule has 0 saturated heterocycles. The highest BCUT2D eigenvalue weighted by Crippen LogP contribution is 2.21. The van der Waals surface area contributed by atoms with Gasteiger partial charge in [0.05, 0.1) is 10.6 Å². The minimum Gasteiger partial charge on any atom is -0.324 e. The van der Waals surface area contributed by atoms with E-state index in [1.54, 1.807) is 25.1 Å². The van der Waals surface area contributed by atoms with Crippen LogP contribution in [0.4, 0.5) is 5.69 Å². The van der Waals surface area contributed by atoms with E-state index in [2.05, 4.69) is 5.43 Å². The van der Waals surface area contributed by atoms with Crippen LogP contribution in [-0.2, 0) is 9.84 Å². The number of benzene rings is 1. The summed E-state index contributed by atoms with van der Waals surface area (Å²) < 4.78 is 22.5. The number of nitrogen functional groups attached to an aromatic ring is 1. The second-order valence-electron chi connectivity index (χ2n) is 2.85. The maximum Gasteiger partial charge on any atom is 0.175 e. The molecule has 0 atom stereocenters. The number of hydrogen-bond acceptors (Lipinski definition) is 4. The van der Waals surface area contributed by atoms with Crippen molar-refractivity contribution in [1.29, 1.82) is 0 Å². The highest BCUT2D eigenvalue weighted by molar-refractivity contribution is 7.90. The third-order valence-corrected chi connectivity index (χ3v) is 3.08. The van der Waals surface area contributed by atoms with Crippen molar-refractivity contribution >= 4 is 15.5 Å². The topological polar surface area (TPSA) is 72.2 Å². The first-order chi connectivity index (χ1) is 5.96. The van der Waals surface area contributed by atoms with E-state index in [-0.39, 0.29) is 0 Å². The summed E-state index contributed by atoms with van der Waals surface area (Å²) in [6.07, 6.45) is 1.18. The summed E-state index contributed by atoms with van der Waals surface area (Å²) in [5, 5.41) is 0. The number of anilines is 1. The Hall–Kier alpha value is -1.07. The van der Waals surface area contributed by atoms with Gasteiger partial charge in [-0.15, -0.1) is 0 Å². The van der Waals surface area contributed by atoms with E-state index < -0.39 is 9.84 Å². The van der Waals surface area contributed by atoms with Gasteiger partial charge in [0, 0.05) is 6.26 Å². The van der Waals surface area contributed by atoms with E-state index >= 15 is 0 Å². The van der Waals surface area contributed by atoms with E-state index in [0.29, 0.717) is 16.1 Å². The predicted octanol–water partition coefficient (Wildman–Crippen LogP) is 0.684. The van der Waals surface area contributed by atoms with Crippen LogP contribution >= 0.6 is 0 Å². The average Bonchev–Trinajstić information content (AvgIpc) is 2.02. The first kappa shape index (κ1) is 10.0. The lowest BCUT2D eigenvalue weighted by Gasteiger charge is -2.08. The lowest BCUT2D eigenvalue weighted by atomic mass is 10.2. The summed E-state index contributed by atoms with van der Waals surface area (Å²) in [6.45, 7) is 1.71. The molecule has 0 aliphatic rings. The van der Waals surface area contributed by atoms with Gasteiger partial charge in [-0.05, 0) is 24.6 Å². The molecule has 0 bridgehead atoms. The van der Waals surface area contributed by atoms with Gasteiger partial charge in [-0.2, -0.15) is 0 Å². The van der Waals surface area contributed by atoms with Crippen LogP contribution in [0.1, 0.15) is 5.56 Å². The number of nitrogens with one attached hydrogen (secondary N) is 1. The molecule has 4 nitrogen and oxygen atoms in total. The highest BCUT2D eigenvalue weighted by Gasteiger charge is 2.11. The summed E-state index contributed by atoms with van der Waals surface area (Å²) in [4.78, 5) is 0.308. The molecule has 0 radical (unpaired) electrons. The Morgan fingerprint density at radius 2 is 2.00 bits per heavy atom. The van der Waals surface area contributed by atoms with Crippen molar-refractivity contribution in [3.63, 3.8) is 0 Å². The zero-order valence-electron chi connectivity index (χ0n) is 7.53. The molecular formula is C8H12N2O2S. The monoisotopic (exact) mass is 200 g/mol. The first-order valence-electron chi connectivity index (χ1n) is 3.73. The van der Waals surface area contributed by atoms with E-state index in [1.165, 1.54) is 6.26 Å². The van der Waals surface area contributed by atoms with Gasteiger partial charge in [-0.1, -0.05) is 6.07 Å². The summed E-state index contributed by atoms with van der Waals surface area (Å²) in [6, 6.07) is 4.94. The molecule has 0 spiro atoms. The van der Waals surface area contributed by atoms with Gasteiger partial charge >= 0.3 is 0 Å². The van der Waals surface area contributed by atoms with Gasteiger partial charge in [0.15, 0.2) is 9.84 Å². The Kier molecular flexibility index (Phi) is 2.58. The number of nitrogens with two attached hydrogens (primary N) is 1. The van der Waals surface area contributed by atoms with Gasteiger partial charge < -0.3 is 5.43 Å². The molecule has 0 heterocycles. The maximum absolute atomic E-state index is 11.3. The summed E-state index contributed by atoms with van der Waals surface area (Å²) >= 11 is 0. The summed E-state index contributed by atoms with van der Waals surface area (Å²) in [5.41, 5.74) is 3.72. The van der Waals surface area contributed by atoms with E-state index in [4.69, 9.17) is 5.84 Å². The Balaban J connectivity index is 3.41. The van der Waals surface area contributed by atoms with Crippen molar-refractivity contribution in [2.75, 3.05) is 11.7 Å². The molecule has 13 heavy (non-hydrogen) atoms. The smallest absolute Gasteiger partial charge is 0.175 e. The van der Waals surface area contributed by atoms with Crippen LogP contribution in [0.15, 0.2) is 23.1 Å². The molecule has 0 saturated carbocycles. The molecule has 0 unspecified atom stereocenters. The van der Waals surface area contributed by atoms with Crippen molar-refractivity contribution in [3.8, 4) is 0 Å². The minimum atomic E-state index is -3.16. The molecule has 72 valence electrons. The molecule has 0 fully saturated rings. The van der Waals surface area contributed by atoms with Gasteiger partial charge in [-0.25, -0.2) is 8.42 Å². The minimum absolute atomic E-state index is 0.308. The molecule has 1 rings (SSSR count). The molecule has 5 heteroatoms. The Labute approximate surface area is 77.6 Å². The van der Waals surface area contributed by atoms with Crippen LogP contribution in [0.3, 0.4) is 0 Å². The standard InChI is InChI=1S/C8H12N2O2S/c1-6-7(10-9)4-3-5-8(6)13(2,11)12/h3-5,10H,9H2,1-2H3. The Morgan fingerprint density at radius 1 is 1.38 bits per heavy atom. The largest absolute Gasteiger partial charge is 0.324 e. The van der Waals surface area contributed by atoms with Crippen molar-refractivity contribution in [3.05, 3.63) is 23.8 Å². The SMILES string of the molecule is Cc1c(NN)cccc1S(C)(=O)=O. The van der Waals surface area contributed by atoms with Crippen LogP contribution in [0.25, 0.3) is 0 Å². The second kappa shape index (κ2) is 3.35. The predicted molar refractivity (Wildman–Crippen MR) is 52.1 cm³/mol. The van der Waals surface area contributed by atoms with Crippen molar-refractivity contribution in [2.45, 2.75) is 11.8 Å². The third kappa shape index (κ3) is 1.99. The fourth-order valence-corrected chi connectivity index (χ4v) is 2.16. The Morgan fingerprint density at radius 3 is 2.46 bits per heavy atom. The fourth-order valence-electron chi connectivity index (χ4n) is 1.17. The molecule has 0 amide bonds. The summed E-state index contributed by atoms with van der Waals surface area (Å²) in [5.74, 6) is 5.22. The van der Waals surface area contributed by atoms with Crippen molar-refractivity contribution in [2.24, 2.45) is 5.84 Å².